The molecular formula is C12H20O3. The van der Waals surface area contributed by atoms with E-state index >= 15 is 0 Å². The Balaban J connectivity index is 3.31. The fourth-order valence-electron chi connectivity index (χ4n) is 1.08. The average molecular weight is 212 g/mol. The largest absolute Gasteiger partial charge is 0.466 e. The molecule has 0 radical (unpaired) electrons. The van der Waals surface area contributed by atoms with Crippen molar-refractivity contribution >= 4 is 5.97 Å². The molecule has 0 amide bonds. The molecule has 0 aromatic rings. The molecule has 1 N–H and O–H groups in total. The Hall–Kier alpha value is -1.09. The third-order valence-electron chi connectivity index (χ3n) is 1.92. The Bertz CT molecular complexity index is 207. The first-order chi connectivity index (χ1) is 7.31. The van der Waals surface area contributed by atoms with E-state index in [-0.39, 0.29) is 12.6 Å². The topological polar surface area (TPSA) is 46.5 Å². The van der Waals surface area contributed by atoms with Crippen molar-refractivity contribution in [2.24, 2.45) is 0 Å². The van der Waals surface area contributed by atoms with Gasteiger partial charge in [0.15, 0.2) is 0 Å². The summed E-state index contributed by atoms with van der Waals surface area (Å²) in [7, 11) is 1.36. The molecule has 86 valence electrons. The number of carbonyl (C=O) groups is 1. The summed E-state index contributed by atoms with van der Waals surface area (Å²) in [5, 5.41) is 8.54. The minimum Gasteiger partial charge on any atom is -0.466 e. The van der Waals surface area contributed by atoms with Crippen LogP contribution in [0.3, 0.4) is 0 Å². The van der Waals surface area contributed by atoms with Crippen LogP contribution in [-0.4, -0.2) is 24.8 Å². The van der Waals surface area contributed by atoms with Gasteiger partial charge in [-0.3, -0.25) is 0 Å². The molecule has 0 aliphatic rings. The van der Waals surface area contributed by atoms with E-state index in [0.717, 1.165) is 32.1 Å². The van der Waals surface area contributed by atoms with Gasteiger partial charge in [0.05, 0.1) is 7.11 Å². The lowest BCUT2D eigenvalue weighted by atomic mass is 10.2. The zero-order chi connectivity index (χ0) is 11.4. The van der Waals surface area contributed by atoms with Crippen molar-refractivity contribution in [2.45, 2.75) is 32.1 Å². The van der Waals surface area contributed by atoms with Crippen molar-refractivity contribution < 1.29 is 14.6 Å². The maximum atomic E-state index is 10.7. The van der Waals surface area contributed by atoms with E-state index in [4.69, 9.17) is 5.11 Å². The van der Waals surface area contributed by atoms with Crippen LogP contribution in [0.15, 0.2) is 24.3 Å². The molecule has 3 nitrogen and oxygen atoms in total. The van der Waals surface area contributed by atoms with Crippen molar-refractivity contribution in [1.82, 2.24) is 0 Å². The number of hydrogen-bond acceptors (Lipinski definition) is 3. The molecule has 0 saturated heterocycles. The lowest BCUT2D eigenvalue weighted by Crippen LogP contribution is -1.92. The Morgan fingerprint density at radius 1 is 1.20 bits per heavy atom. The summed E-state index contributed by atoms with van der Waals surface area (Å²) in [5.41, 5.74) is 0. The lowest BCUT2D eigenvalue weighted by Gasteiger charge is -1.93. The van der Waals surface area contributed by atoms with Crippen LogP contribution < -0.4 is 0 Å². The van der Waals surface area contributed by atoms with Crippen molar-refractivity contribution in [2.75, 3.05) is 13.7 Å². The van der Waals surface area contributed by atoms with Crippen LogP contribution >= 0.6 is 0 Å². The van der Waals surface area contributed by atoms with E-state index in [1.807, 2.05) is 6.08 Å². The zero-order valence-electron chi connectivity index (χ0n) is 9.32. The molecule has 0 unspecified atom stereocenters. The number of rotatable bonds is 8. The molecule has 0 aliphatic heterocycles. The van der Waals surface area contributed by atoms with Crippen molar-refractivity contribution in [3.05, 3.63) is 24.3 Å². The van der Waals surface area contributed by atoms with Gasteiger partial charge in [-0.2, -0.15) is 0 Å². The normalized spacial score (nSPS) is 11.3. The maximum absolute atomic E-state index is 10.7. The van der Waals surface area contributed by atoms with E-state index < -0.39 is 0 Å². The molecule has 0 spiro atoms. The first-order valence-corrected chi connectivity index (χ1v) is 5.31. The highest BCUT2D eigenvalue weighted by Crippen LogP contribution is 2.00. The minimum absolute atomic E-state index is 0.283. The molecule has 15 heavy (non-hydrogen) atoms. The maximum Gasteiger partial charge on any atom is 0.330 e. The molecule has 0 aromatic carbocycles. The highest BCUT2D eigenvalue weighted by molar-refractivity contribution is 5.81. The molecule has 0 aliphatic carbocycles. The third-order valence-corrected chi connectivity index (χ3v) is 1.92. The van der Waals surface area contributed by atoms with Crippen LogP contribution in [0.5, 0.6) is 0 Å². The number of ether oxygens (including phenoxy) is 1. The van der Waals surface area contributed by atoms with Gasteiger partial charge in [-0.05, 0) is 25.7 Å². The van der Waals surface area contributed by atoms with Crippen molar-refractivity contribution in [3.8, 4) is 0 Å². The Morgan fingerprint density at radius 2 is 2.00 bits per heavy atom. The zero-order valence-corrected chi connectivity index (χ0v) is 9.32. The third kappa shape index (κ3) is 10.8. The van der Waals surface area contributed by atoms with Gasteiger partial charge in [-0.1, -0.05) is 24.6 Å². The number of allylic oxidation sites excluding steroid dienone is 3. The predicted molar refractivity (Wildman–Crippen MR) is 60.5 cm³/mol. The molecule has 3 heteroatoms. The standard InChI is InChI=1S/C12H20O3/c1-15-12(14)10-8-6-4-2-3-5-7-9-11-13/h2,4,8,10,13H,3,5-7,9,11H2,1H3/b4-2+,10-8+. The van der Waals surface area contributed by atoms with E-state index in [0.29, 0.717) is 0 Å². The summed E-state index contributed by atoms with van der Waals surface area (Å²) in [5.74, 6) is -0.314. The van der Waals surface area contributed by atoms with Crippen LogP contribution in [-0.2, 0) is 9.53 Å². The molecular weight excluding hydrogens is 192 g/mol. The highest BCUT2D eigenvalue weighted by atomic mass is 16.5. The summed E-state index contributed by atoms with van der Waals surface area (Å²) in [4.78, 5) is 10.7. The fourth-order valence-corrected chi connectivity index (χ4v) is 1.08. The Kier molecular flexibility index (Phi) is 10.2. The highest BCUT2D eigenvalue weighted by Gasteiger charge is 1.87. The summed E-state index contributed by atoms with van der Waals surface area (Å²) in [6.07, 6.45) is 12.2. The summed E-state index contributed by atoms with van der Waals surface area (Å²) in [6, 6.07) is 0. The number of carbonyl (C=O) groups excluding carboxylic acids is 1. The predicted octanol–water partition coefficient (Wildman–Crippen LogP) is 2.21. The number of hydrogen-bond donors (Lipinski definition) is 1. The number of methoxy groups -OCH3 is 1. The molecule has 0 aromatic heterocycles. The van der Waals surface area contributed by atoms with Gasteiger partial charge in [-0.15, -0.1) is 0 Å². The number of aliphatic hydroxyl groups is 1. The van der Waals surface area contributed by atoms with Crippen LogP contribution in [0.25, 0.3) is 0 Å². The second kappa shape index (κ2) is 11.0. The second-order valence-electron chi connectivity index (χ2n) is 3.21. The van der Waals surface area contributed by atoms with Gasteiger partial charge >= 0.3 is 5.97 Å². The van der Waals surface area contributed by atoms with Gasteiger partial charge in [0.25, 0.3) is 0 Å². The van der Waals surface area contributed by atoms with Crippen LogP contribution in [0.4, 0.5) is 0 Å². The van der Waals surface area contributed by atoms with Crippen LogP contribution in [0, 0.1) is 0 Å². The quantitative estimate of drug-likeness (QED) is 0.290. The summed E-state index contributed by atoms with van der Waals surface area (Å²) < 4.78 is 4.45. The first kappa shape index (κ1) is 13.9. The average Bonchev–Trinajstić information content (AvgIpc) is 2.26. The van der Waals surface area contributed by atoms with Crippen LogP contribution in [0.1, 0.15) is 32.1 Å². The second-order valence-corrected chi connectivity index (χ2v) is 3.21. The summed E-state index contributed by atoms with van der Waals surface area (Å²) >= 11 is 0. The fraction of sp³-hybridized carbons (Fsp3) is 0.583. The van der Waals surface area contributed by atoms with Gasteiger partial charge in [0, 0.05) is 12.7 Å². The van der Waals surface area contributed by atoms with Crippen molar-refractivity contribution in [3.63, 3.8) is 0 Å². The number of esters is 1. The molecule has 0 fully saturated rings. The Labute approximate surface area is 91.4 Å². The van der Waals surface area contributed by atoms with E-state index in [9.17, 15) is 4.79 Å². The van der Waals surface area contributed by atoms with Crippen LogP contribution in [0.2, 0.25) is 0 Å². The molecule has 0 heterocycles. The van der Waals surface area contributed by atoms with Gasteiger partial charge < -0.3 is 9.84 Å². The monoisotopic (exact) mass is 212 g/mol. The minimum atomic E-state index is -0.314. The van der Waals surface area contributed by atoms with E-state index in [1.54, 1.807) is 6.08 Å². The molecule has 0 bridgehead atoms. The van der Waals surface area contributed by atoms with Gasteiger partial charge in [0.2, 0.25) is 0 Å². The number of unbranched alkanes of at least 4 members (excludes halogenated alkanes) is 3. The SMILES string of the molecule is COC(=O)/C=C/C/C=C/CCCCCO. The van der Waals surface area contributed by atoms with E-state index in [1.165, 1.54) is 13.2 Å². The van der Waals surface area contributed by atoms with E-state index in [2.05, 4.69) is 10.8 Å². The van der Waals surface area contributed by atoms with Crippen molar-refractivity contribution in [1.29, 1.82) is 0 Å². The lowest BCUT2D eigenvalue weighted by molar-refractivity contribution is -0.134. The van der Waals surface area contributed by atoms with Gasteiger partial charge in [-0.25, -0.2) is 4.79 Å². The van der Waals surface area contributed by atoms with Gasteiger partial charge in [0.1, 0.15) is 0 Å². The molecule has 0 atom stereocenters. The number of aliphatic hydroxyl groups excluding tert-OH is 1. The molecule has 0 saturated carbocycles. The molecule has 0 rings (SSSR count). The smallest absolute Gasteiger partial charge is 0.330 e. The summed E-state index contributed by atoms with van der Waals surface area (Å²) in [6.45, 7) is 0.283. The first-order valence-electron chi connectivity index (χ1n) is 5.31. The Morgan fingerprint density at radius 3 is 2.67 bits per heavy atom.